The minimum atomic E-state index is -0.370. The van der Waals surface area contributed by atoms with Crippen LogP contribution in [0, 0.1) is 11.8 Å². The van der Waals surface area contributed by atoms with Gasteiger partial charge in [-0.3, -0.25) is 9.18 Å². The van der Waals surface area contributed by atoms with Crippen LogP contribution in [-0.4, -0.2) is 53.9 Å². The second kappa shape index (κ2) is 17.5. The third kappa shape index (κ3) is 10.9. The molecule has 0 saturated carbocycles. The Bertz CT molecular complexity index is 951. The third-order valence-electron chi connectivity index (χ3n) is 5.87. The summed E-state index contributed by atoms with van der Waals surface area (Å²) in [5.74, 6) is 0.940. The minimum absolute atomic E-state index is 0.0320. The van der Waals surface area contributed by atoms with Gasteiger partial charge in [-0.25, -0.2) is 4.98 Å². The van der Waals surface area contributed by atoms with Gasteiger partial charge in [0.15, 0.2) is 0 Å². The van der Waals surface area contributed by atoms with E-state index in [0.717, 1.165) is 41.0 Å². The maximum absolute atomic E-state index is 13.3. The standard InChI is InChI=1S/C24H30FN3O2.C3H9N.C2H6O/c1-16(2)21(7-4-17(3)13-25)24(29)28-10-11-30-22-8-5-18(12-20(22)15-28)19-6-9-23(26)27-14-19;1-2-3-4;1-2-3/h5-6,8-9,12,14,17,21H,1,4,7,10-11,13,15H2,2-3H3,(H2,26,27);2-4H2,1H3;3H,2H2,1H3. The molecule has 0 aliphatic carbocycles. The molecule has 1 aromatic heterocycles. The molecule has 0 spiro atoms. The Labute approximate surface area is 221 Å². The molecule has 0 fully saturated rings. The van der Waals surface area contributed by atoms with Crippen LogP contribution >= 0.6 is 0 Å². The number of aromatic nitrogens is 1. The van der Waals surface area contributed by atoms with Gasteiger partial charge in [-0.15, -0.1) is 0 Å². The quantitative estimate of drug-likeness (QED) is 0.426. The topological polar surface area (TPSA) is 115 Å². The van der Waals surface area contributed by atoms with Crippen molar-refractivity contribution in [3.05, 3.63) is 54.2 Å². The number of anilines is 1. The first kappa shape index (κ1) is 32.1. The number of fused-ring (bicyclic) bond motifs is 1. The maximum Gasteiger partial charge on any atom is 0.230 e. The lowest BCUT2D eigenvalue weighted by atomic mass is 9.91. The van der Waals surface area contributed by atoms with Crippen LogP contribution in [0.15, 0.2) is 48.7 Å². The molecule has 0 radical (unpaired) electrons. The number of pyridine rings is 1. The number of nitrogens with zero attached hydrogens (tertiary/aromatic N) is 2. The summed E-state index contributed by atoms with van der Waals surface area (Å²) in [7, 11) is 0. The van der Waals surface area contributed by atoms with Gasteiger partial charge in [0, 0.05) is 30.5 Å². The highest BCUT2D eigenvalue weighted by Crippen LogP contribution is 2.31. The van der Waals surface area contributed by atoms with Crippen LogP contribution in [0.5, 0.6) is 5.75 Å². The number of aliphatic hydroxyl groups excluding tert-OH is 1. The number of alkyl halides is 1. The van der Waals surface area contributed by atoms with Gasteiger partial charge < -0.3 is 26.2 Å². The molecule has 1 aliphatic heterocycles. The fraction of sp³-hybridized carbons (Fsp3) is 0.517. The van der Waals surface area contributed by atoms with Crippen molar-refractivity contribution in [3.8, 4) is 16.9 Å². The minimum Gasteiger partial charge on any atom is -0.491 e. The zero-order valence-corrected chi connectivity index (χ0v) is 22.9. The van der Waals surface area contributed by atoms with Crippen molar-refractivity contribution in [2.24, 2.45) is 17.6 Å². The number of nitrogen functional groups attached to an aromatic ring is 1. The van der Waals surface area contributed by atoms with Crippen molar-refractivity contribution >= 4 is 11.7 Å². The van der Waals surface area contributed by atoms with Crippen LogP contribution in [-0.2, 0) is 11.3 Å². The summed E-state index contributed by atoms with van der Waals surface area (Å²) >= 11 is 0. The smallest absolute Gasteiger partial charge is 0.230 e. The molecule has 7 nitrogen and oxygen atoms in total. The van der Waals surface area contributed by atoms with E-state index in [-0.39, 0.29) is 31.0 Å². The molecular weight excluding hydrogens is 471 g/mol. The monoisotopic (exact) mass is 516 g/mol. The first-order chi connectivity index (χ1) is 17.7. The molecule has 2 atom stereocenters. The predicted molar refractivity (Wildman–Crippen MR) is 150 cm³/mol. The van der Waals surface area contributed by atoms with Crippen LogP contribution in [0.1, 0.15) is 52.5 Å². The second-order valence-corrected chi connectivity index (χ2v) is 9.24. The lowest BCUT2D eigenvalue weighted by Gasteiger charge is -2.26. The van der Waals surface area contributed by atoms with E-state index >= 15 is 0 Å². The van der Waals surface area contributed by atoms with E-state index in [4.69, 9.17) is 21.3 Å². The van der Waals surface area contributed by atoms with Crippen molar-refractivity contribution in [2.75, 3.05) is 38.7 Å². The Balaban J connectivity index is 0.000000873. The van der Waals surface area contributed by atoms with Crippen LogP contribution in [0.2, 0.25) is 0 Å². The lowest BCUT2D eigenvalue weighted by molar-refractivity contribution is -0.135. The molecule has 2 unspecified atom stereocenters. The Kier molecular flexibility index (Phi) is 15.1. The Morgan fingerprint density at radius 2 is 1.89 bits per heavy atom. The number of hydrogen-bond acceptors (Lipinski definition) is 6. The molecule has 3 rings (SSSR count). The summed E-state index contributed by atoms with van der Waals surface area (Å²) < 4.78 is 18.8. The summed E-state index contributed by atoms with van der Waals surface area (Å²) in [5, 5.41) is 7.57. The summed E-state index contributed by atoms with van der Waals surface area (Å²) in [4.78, 5) is 19.3. The number of halogens is 1. The first-order valence-corrected chi connectivity index (χ1v) is 13.0. The van der Waals surface area contributed by atoms with E-state index in [1.807, 2.05) is 43.0 Å². The lowest BCUT2D eigenvalue weighted by Crippen LogP contribution is -2.37. The van der Waals surface area contributed by atoms with E-state index in [1.165, 1.54) is 0 Å². The predicted octanol–water partition coefficient (Wildman–Crippen LogP) is 4.98. The molecule has 1 amide bonds. The number of amides is 1. The fourth-order valence-electron chi connectivity index (χ4n) is 3.67. The largest absolute Gasteiger partial charge is 0.491 e. The van der Waals surface area contributed by atoms with Crippen LogP contribution in [0.3, 0.4) is 0 Å². The second-order valence-electron chi connectivity index (χ2n) is 9.24. The summed E-state index contributed by atoms with van der Waals surface area (Å²) in [6, 6.07) is 9.65. The first-order valence-electron chi connectivity index (χ1n) is 13.0. The number of hydrogen-bond donors (Lipinski definition) is 3. The number of rotatable bonds is 8. The summed E-state index contributed by atoms with van der Waals surface area (Å²) in [5.41, 5.74) is 14.4. The Morgan fingerprint density at radius 1 is 1.24 bits per heavy atom. The maximum atomic E-state index is 13.3. The van der Waals surface area contributed by atoms with Crippen LogP contribution < -0.4 is 16.2 Å². The molecular formula is C29H45FN4O3. The van der Waals surface area contributed by atoms with Crippen molar-refractivity contribution < 1.29 is 19.0 Å². The summed E-state index contributed by atoms with van der Waals surface area (Å²) in [6.45, 7) is 13.6. The van der Waals surface area contributed by atoms with E-state index in [1.54, 1.807) is 19.2 Å². The molecule has 37 heavy (non-hydrogen) atoms. The zero-order chi connectivity index (χ0) is 27.8. The van der Waals surface area contributed by atoms with Gasteiger partial charge in [0.05, 0.1) is 19.1 Å². The van der Waals surface area contributed by atoms with E-state index < -0.39 is 0 Å². The normalized spacial score (nSPS) is 13.9. The number of carbonyl (C=O) groups is 1. The highest BCUT2D eigenvalue weighted by molar-refractivity contribution is 5.81. The average Bonchev–Trinajstić information content (AvgIpc) is 3.11. The Hall–Kier alpha value is -2.97. The molecule has 1 aliphatic rings. The molecule has 1 aromatic carbocycles. The number of ether oxygens (including phenoxy) is 1. The number of aliphatic hydroxyl groups is 1. The van der Waals surface area contributed by atoms with Gasteiger partial charge >= 0.3 is 0 Å². The molecule has 2 heterocycles. The number of carbonyl (C=O) groups excluding carboxylic acids is 1. The molecule has 2 aromatic rings. The van der Waals surface area contributed by atoms with Crippen LogP contribution in [0.25, 0.3) is 11.1 Å². The molecule has 0 bridgehead atoms. The molecule has 5 N–H and O–H groups in total. The van der Waals surface area contributed by atoms with Crippen molar-refractivity contribution in [3.63, 3.8) is 0 Å². The van der Waals surface area contributed by atoms with E-state index in [2.05, 4.69) is 18.5 Å². The molecule has 206 valence electrons. The Morgan fingerprint density at radius 3 is 2.43 bits per heavy atom. The van der Waals surface area contributed by atoms with Crippen molar-refractivity contribution in [1.82, 2.24) is 9.88 Å². The number of benzene rings is 1. The van der Waals surface area contributed by atoms with Gasteiger partial charge in [-0.2, -0.15) is 0 Å². The highest BCUT2D eigenvalue weighted by atomic mass is 19.1. The van der Waals surface area contributed by atoms with Crippen molar-refractivity contribution in [2.45, 2.75) is 53.5 Å². The van der Waals surface area contributed by atoms with Gasteiger partial charge in [0.2, 0.25) is 5.91 Å². The van der Waals surface area contributed by atoms with Gasteiger partial charge in [-0.05, 0) is 75.4 Å². The van der Waals surface area contributed by atoms with E-state index in [0.29, 0.717) is 38.4 Å². The van der Waals surface area contributed by atoms with Gasteiger partial charge in [0.25, 0.3) is 0 Å². The zero-order valence-electron chi connectivity index (χ0n) is 22.9. The molecule has 8 heteroatoms. The van der Waals surface area contributed by atoms with Gasteiger partial charge in [0.1, 0.15) is 18.2 Å². The fourth-order valence-corrected chi connectivity index (χ4v) is 3.67. The van der Waals surface area contributed by atoms with Crippen molar-refractivity contribution in [1.29, 1.82) is 0 Å². The molecule has 0 saturated heterocycles. The third-order valence-corrected chi connectivity index (χ3v) is 5.87. The van der Waals surface area contributed by atoms with Crippen LogP contribution in [0.4, 0.5) is 10.2 Å². The average molecular weight is 517 g/mol. The summed E-state index contributed by atoms with van der Waals surface area (Å²) in [6.07, 6.45) is 4.11. The van der Waals surface area contributed by atoms with E-state index in [9.17, 15) is 9.18 Å². The highest BCUT2D eigenvalue weighted by Gasteiger charge is 2.28. The van der Waals surface area contributed by atoms with Gasteiger partial charge in [-0.1, -0.05) is 32.1 Å². The SMILES string of the molecule is C=C(C)C(CCC(C)CF)C(=O)N1CCOc2ccc(-c3ccc(N)nc3)cc2C1.CCCN.CCO. The number of nitrogens with two attached hydrogens (primary N) is 2.